The molecule has 110 valence electrons. The molecule has 0 atom stereocenters. The fourth-order valence-corrected chi connectivity index (χ4v) is 2.28. The highest BCUT2D eigenvalue weighted by atomic mass is 32.1. The van der Waals surface area contributed by atoms with E-state index in [4.69, 9.17) is 5.11 Å². The molecule has 0 fully saturated rings. The largest absolute Gasteiger partial charge is 0.481 e. The lowest BCUT2D eigenvalue weighted by molar-refractivity contribution is -0.136. The molecule has 0 saturated carbocycles. The molecule has 0 saturated heterocycles. The maximum absolute atomic E-state index is 11.7. The van der Waals surface area contributed by atoms with Crippen molar-refractivity contribution in [3.63, 3.8) is 0 Å². The number of urea groups is 1. The smallest absolute Gasteiger partial charge is 0.319 e. The summed E-state index contributed by atoms with van der Waals surface area (Å²) >= 11 is 1.47. The van der Waals surface area contributed by atoms with Crippen molar-refractivity contribution in [2.45, 2.75) is 19.4 Å². The molecule has 3 N–H and O–H groups in total. The van der Waals surface area contributed by atoms with E-state index in [0.29, 0.717) is 18.7 Å². The second-order valence-electron chi connectivity index (χ2n) is 4.33. The van der Waals surface area contributed by atoms with Crippen LogP contribution in [0.25, 0.3) is 0 Å². The van der Waals surface area contributed by atoms with Crippen LogP contribution in [0, 0.1) is 0 Å². The lowest BCUT2D eigenvalue weighted by atomic mass is 10.1. The normalized spacial score (nSPS) is 10.1. The number of rotatable bonds is 6. The number of hydrogen-bond acceptors (Lipinski definition) is 4. The van der Waals surface area contributed by atoms with Crippen LogP contribution < -0.4 is 10.6 Å². The number of nitrogens with zero attached hydrogens (tertiary/aromatic N) is 1. The molecule has 1 heterocycles. The van der Waals surface area contributed by atoms with E-state index in [1.165, 1.54) is 11.3 Å². The van der Waals surface area contributed by atoms with E-state index in [1.807, 2.05) is 11.4 Å². The predicted molar refractivity (Wildman–Crippen MR) is 80.4 cm³/mol. The summed E-state index contributed by atoms with van der Waals surface area (Å²) in [6.07, 6.45) is 2.19. The Bertz CT molecular complexity index is 614. The van der Waals surface area contributed by atoms with Gasteiger partial charge in [-0.1, -0.05) is 12.1 Å². The number of amides is 2. The van der Waals surface area contributed by atoms with E-state index < -0.39 is 5.97 Å². The van der Waals surface area contributed by atoms with Crippen LogP contribution in [-0.2, 0) is 17.8 Å². The monoisotopic (exact) mass is 305 g/mol. The Morgan fingerprint density at radius 1 is 1.33 bits per heavy atom. The summed E-state index contributed by atoms with van der Waals surface area (Å²) in [6.45, 7) is 0.377. The molecule has 7 heteroatoms. The number of thiazole rings is 1. The van der Waals surface area contributed by atoms with Gasteiger partial charge in [0.25, 0.3) is 0 Å². The number of nitrogens with one attached hydrogen (secondary N) is 2. The standard InChI is InChI=1S/C14H15N3O3S/c18-13(19)5-4-10-2-1-3-11(8-10)17-14(20)16-9-12-15-6-7-21-12/h1-3,6-8H,4-5,9H2,(H,18,19)(H2,16,17,20). The maximum atomic E-state index is 11.7. The first kappa shape index (κ1) is 15.0. The van der Waals surface area contributed by atoms with Crippen LogP contribution in [0.5, 0.6) is 0 Å². The Hall–Kier alpha value is -2.41. The molecular formula is C14H15N3O3S. The van der Waals surface area contributed by atoms with E-state index in [0.717, 1.165) is 10.6 Å². The number of aromatic nitrogens is 1. The average Bonchev–Trinajstić information content (AvgIpc) is 2.97. The van der Waals surface area contributed by atoms with Crippen molar-refractivity contribution in [1.29, 1.82) is 0 Å². The highest BCUT2D eigenvalue weighted by Crippen LogP contribution is 2.12. The van der Waals surface area contributed by atoms with Crippen molar-refractivity contribution in [1.82, 2.24) is 10.3 Å². The summed E-state index contributed by atoms with van der Waals surface area (Å²) < 4.78 is 0. The molecule has 1 aromatic carbocycles. The van der Waals surface area contributed by atoms with E-state index in [9.17, 15) is 9.59 Å². The van der Waals surface area contributed by atoms with Gasteiger partial charge in [-0.25, -0.2) is 9.78 Å². The Balaban J connectivity index is 1.85. The molecule has 0 bridgehead atoms. The van der Waals surface area contributed by atoms with Gasteiger partial charge in [0, 0.05) is 23.7 Å². The minimum atomic E-state index is -0.838. The van der Waals surface area contributed by atoms with Gasteiger partial charge >= 0.3 is 12.0 Å². The molecule has 2 aromatic rings. The molecule has 0 unspecified atom stereocenters. The van der Waals surface area contributed by atoms with Crippen molar-refractivity contribution in [2.24, 2.45) is 0 Å². The van der Waals surface area contributed by atoms with Gasteiger partial charge in [-0.15, -0.1) is 11.3 Å². The zero-order valence-electron chi connectivity index (χ0n) is 11.2. The lowest BCUT2D eigenvalue weighted by Crippen LogP contribution is -2.28. The van der Waals surface area contributed by atoms with Crippen molar-refractivity contribution >= 4 is 29.0 Å². The number of anilines is 1. The van der Waals surface area contributed by atoms with Gasteiger partial charge in [-0.05, 0) is 24.1 Å². The van der Waals surface area contributed by atoms with Crippen LogP contribution in [0.4, 0.5) is 10.5 Å². The van der Waals surface area contributed by atoms with Crippen molar-refractivity contribution in [3.8, 4) is 0 Å². The third-order valence-corrected chi connectivity index (χ3v) is 3.48. The van der Waals surface area contributed by atoms with Gasteiger partial charge in [-0.3, -0.25) is 4.79 Å². The van der Waals surface area contributed by atoms with Crippen LogP contribution >= 0.6 is 11.3 Å². The predicted octanol–water partition coefficient (Wildman–Crippen LogP) is 2.48. The summed E-state index contributed by atoms with van der Waals surface area (Å²) in [7, 11) is 0. The van der Waals surface area contributed by atoms with Crippen LogP contribution in [0.1, 0.15) is 17.0 Å². The quantitative estimate of drug-likeness (QED) is 0.764. The summed E-state index contributed by atoms with van der Waals surface area (Å²) in [6, 6.07) is 6.83. The Labute approximate surface area is 125 Å². The molecule has 2 rings (SSSR count). The van der Waals surface area contributed by atoms with Crippen molar-refractivity contribution in [3.05, 3.63) is 46.4 Å². The molecular weight excluding hydrogens is 290 g/mol. The molecule has 0 aliphatic carbocycles. The van der Waals surface area contributed by atoms with Crippen LogP contribution in [0.15, 0.2) is 35.8 Å². The van der Waals surface area contributed by atoms with E-state index >= 15 is 0 Å². The number of aryl methyl sites for hydroxylation is 1. The summed E-state index contributed by atoms with van der Waals surface area (Å²) in [5, 5.41) is 16.8. The van der Waals surface area contributed by atoms with Gasteiger partial charge < -0.3 is 15.7 Å². The van der Waals surface area contributed by atoms with E-state index in [1.54, 1.807) is 24.4 Å². The molecule has 21 heavy (non-hydrogen) atoms. The fraction of sp³-hybridized carbons (Fsp3) is 0.214. The molecule has 0 aliphatic heterocycles. The Kier molecular flexibility index (Phi) is 5.28. The van der Waals surface area contributed by atoms with Gasteiger partial charge in [0.1, 0.15) is 5.01 Å². The Morgan fingerprint density at radius 3 is 2.90 bits per heavy atom. The van der Waals surface area contributed by atoms with Gasteiger partial charge in [0.2, 0.25) is 0 Å². The number of carbonyl (C=O) groups is 2. The van der Waals surface area contributed by atoms with Gasteiger partial charge in [0.05, 0.1) is 6.54 Å². The number of carboxylic acids is 1. The number of carboxylic acid groups (broad SMARTS) is 1. The van der Waals surface area contributed by atoms with Crippen molar-refractivity contribution < 1.29 is 14.7 Å². The number of carbonyl (C=O) groups excluding carboxylic acids is 1. The minimum absolute atomic E-state index is 0.0691. The lowest BCUT2D eigenvalue weighted by Gasteiger charge is -2.08. The molecule has 2 amide bonds. The number of benzene rings is 1. The molecule has 6 nitrogen and oxygen atoms in total. The minimum Gasteiger partial charge on any atom is -0.481 e. The van der Waals surface area contributed by atoms with Crippen LogP contribution in [0.2, 0.25) is 0 Å². The third kappa shape index (κ3) is 5.23. The zero-order valence-corrected chi connectivity index (χ0v) is 12.0. The van der Waals surface area contributed by atoms with Gasteiger partial charge in [-0.2, -0.15) is 0 Å². The molecule has 0 spiro atoms. The molecule has 0 radical (unpaired) electrons. The van der Waals surface area contributed by atoms with Crippen molar-refractivity contribution in [2.75, 3.05) is 5.32 Å². The first-order chi connectivity index (χ1) is 10.1. The summed E-state index contributed by atoms with van der Waals surface area (Å²) in [5.74, 6) is -0.838. The number of hydrogen-bond donors (Lipinski definition) is 3. The number of aliphatic carboxylic acids is 1. The topological polar surface area (TPSA) is 91.3 Å². The summed E-state index contributed by atoms with van der Waals surface area (Å²) in [4.78, 5) is 26.4. The third-order valence-electron chi connectivity index (χ3n) is 2.70. The Morgan fingerprint density at radius 2 is 2.19 bits per heavy atom. The van der Waals surface area contributed by atoms with E-state index in [-0.39, 0.29) is 12.5 Å². The summed E-state index contributed by atoms with van der Waals surface area (Å²) in [5.41, 5.74) is 1.50. The second-order valence-corrected chi connectivity index (χ2v) is 5.31. The molecule has 0 aliphatic rings. The SMILES string of the molecule is O=C(O)CCc1cccc(NC(=O)NCc2nccs2)c1. The van der Waals surface area contributed by atoms with Gasteiger partial charge in [0.15, 0.2) is 0 Å². The molecule has 1 aromatic heterocycles. The highest BCUT2D eigenvalue weighted by molar-refractivity contribution is 7.09. The van der Waals surface area contributed by atoms with Crippen LogP contribution in [0.3, 0.4) is 0 Å². The second kappa shape index (κ2) is 7.39. The highest BCUT2D eigenvalue weighted by Gasteiger charge is 2.04. The fourth-order valence-electron chi connectivity index (χ4n) is 1.73. The first-order valence-corrected chi connectivity index (χ1v) is 7.25. The zero-order chi connectivity index (χ0) is 15.1. The van der Waals surface area contributed by atoms with Crippen LogP contribution in [-0.4, -0.2) is 22.1 Å². The average molecular weight is 305 g/mol. The van der Waals surface area contributed by atoms with E-state index in [2.05, 4.69) is 15.6 Å². The first-order valence-electron chi connectivity index (χ1n) is 6.37. The maximum Gasteiger partial charge on any atom is 0.319 e.